The summed E-state index contributed by atoms with van der Waals surface area (Å²) in [6.45, 7) is 2.00. The standard InChI is InChI=1S/C25H20Cl2N2O4/c1-14-6-5-7-15(10-14)21-20(22(30)18-11-16(26)12-19(27)24(18)33-2)23(31)25(32)29(21)13-17-8-3-4-9-28-17/h3-12,21,30H,13H2,1-2H3/b22-20+. The summed E-state index contributed by atoms with van der Waals surface area (Å²) >= 11 is 12.4. The molecular formula is C25H20Cl2N2O4. The fraction of sp³-hybridized carbons (Fsp3) is 0.160. The molecule has 1 unspecified atom stereocenters. The molecule has 1 aliphatic rings. The zero-order valence-electron chi connectivity index (χ0n) is 17.9. The highest BCUT2D eigenvalue weighted by atomic mass is 35.5. The Morgan fingerprint density at radius 1 is 1.12 bits per heavy atom. The largest absolute Gasteiger partial charge is 0.507 e. The van der Waals surface area contributed by atoms with E-state index in [0.29, 0.717) is 11.3 Å². The summed E-state index contributed by atoms with van der Waals surface area (Å²) < 4.78 is 5.35. The second-order valence-electron chi connectivity index (χ2n) is 7.63. The molecule has 1 N–H and O–H groups in total. The third-order valence-electron chi connectivity index (χ3n) is 5.42. The Balaban J connectivity index is 1.94. The van der Waals surface area contributed by atoms with Gasteiger partial charge in [-0.25, -0.2) is 0 Å². The van der Waals surface area contributed by atoms with Crippen molar-refractivity contribution in [2.75, 3.05) is 7.11 Å². The molecule has 1 saturated heterocycles. The van der Waals surface area contributed by atoms with Gasteiger partial charge in [0, 0.05) is 11.2 Å². The van der Waals surface area contributed by atoms with Gasteiger partial charge in [0.2, 0.25) is 0 Å². The van der Waals surface area contributed by atoms with Gasteiger partial charge in [-0.3, -0.25) is 14.6 Å². The Labute approximate surface area is 201 Å². The minimum absolute atomic E-state index is 0.0711. The summed E-state index contributed by atoms with van der Waals surface area (Å²) in [4.78, 5) is 32.0. The molecule has 0 aliphatic carbocycles. The number of aromatic nitrogens is 1. The first-order valence-electron chi connectivity index (χ1n) is 10.1. The number of methoxy groups -OCH3 is 1. The SMILES string of the molecule is COc1c(Cl)cc(Cl)cc1/C(O)=C1\C(=O)C(=O)N(Cc2ccccn2)C1c1cccc(C)c1. The van der Waals surface area contributed by atoms with Gasteiger partial charge < -0.3 is 14.7 Å². The van der Waals surface area contributed by atoms with E-state index in [9.17, 15) is 14.7 Å². The van der Waals surface area contributed by atoms with Gasteiger partial charge in [0.15, 0.2) is 0 Å². The molecule has 1 amide bonds. The molecule has 6 nitrogen and oxygen atoms in total. The van der Waals surface area contributed by atoms with Crippen molar-refractivity contribution >= 4 is 40.7 Å². The molecule has 1 aromatic heterocycles. The van der Waals surface area contributed by atoms with Crippen LogP contribution < -0.4 is 4.74 Å². The number of benzene rings is 2. The molecule has 0 radical (unpaired) electrons. The number of ether oxygens (including phenoxy) is 1. The average Bonchev–Trinajstić information content (AvgIpc) is 3.04. The molecule has 33 heavy (non-hydrogen) atoms. The van der Waals surface area contributed by atoms with Gasteiger partial charge in [-0.2, -0.15) is 0 Å². The molecule has 1 atom stereocenters. The molecule has 8 heteroatoms. The van der Waals surface area contributed by atoms with Gasteiger partial charge >= 0.3 is 0 Å². The molecule has 2 heterocycles. The van der Waals surface area contributed by atoms with Crippen molar-refractivity contribution in [3.05, 3.63) is 98.8 Å². The van der Waals surface area contributed by atoms with E-state index in [0.717, 1.165) is 5.56 Å². The number of rotatable bonds is 5. The lowest BCUT2D eigenvalue weighted by Crippen LogP contribution is -2.29. The van der Waals surface area contributed by atoms with E-state index in [1.54, 1.807) is 24.4 Å². The molecule has 1 aliphatic heterocycles. The number of aliphatic hydroxyl groups is 1. The van der Waals surface area contributed by atoms with E-state index < -0.39 is 23.5 Å². The van der Waals surface area contributed by atoms with Crippen LogP contribution in [-0.2, 0) is 16.1 Å². The van der Waals surface area contributed by atoms with Gasteiger partial charge in [-0.1, -0.05) is 59.1 Å². The number of pyridine rings is 1. The highest BCUT2D eigenvalue weighted by molar-refractivity contribution is 6.46. The maximum atomic E-state index is 13.2. The Hall–Kier alpha value is -3.35. The monoisotopic (exact) mass is 482 g/mol. The second kappa shape index (κ2) is 9.25. The first-order valence-corrected chi connectivity index (χ1v) is 10.9. The van der Waals surface area contributed by atoms with Crippen LogP contribution in [0.15, 0.2) is 66.4 Å². The van der Waals surface area contributed by atoms with Crippen molar-refractivity contribution in [3.8, 4) is 5.75 Å². The van der Waals surface area contributed by atoms with Gasteiger partial charge in [-0.15, -0.1) is 0 Å². The van der Waals surface area contributed by atoms with Crippen LogP contribution in [0.1, 0.15) is 28.4 Å². The normalized spacial score (nSPS) is 17.5. The van der Waals surface area contributed by atoms with E-state index in [2.05, 4.69) is 4.98 Å². The van der Waals surface area contributed by atoms with Crippen LogP contribution in [0, 0.1) is 6.92 Å². The highest BCUT2D eigenvalue weighted by Crippen LogP contribution is 2.43. The maximum absolute atomic E-state index is 13.2. The molecule has 0 saturated carbocycles. The quantitative estimate of drug-likeness (QED) is 0.302. The first kappa shape index (κ1) is 22.8. The van der Waals surface area contributed by atoms with Crippen LogP contribution in [0.3, 0.4) is 0 Å². The first-order chi connectivity index (χ1) is 15.8. The Morgan fingerprint density at radius 2 is 1.91 bits per heavy atom. The number of aliphatic hydroxyl groups excluding tert-OH is 1. The van der Waals surface area contributed by atoms with Gasteiger partial charge in [0.25, 0.3) is 11.7 Å². The highest BCUT2D eigenvalue weighted by Gasteiger charge is 2.46. The summed E-state index contributed by atoms with van der Waals surface area (Å²) in [5, 5.41) is 11.7. The van der Waals surface area contributed by atoms with Crippen molar-refractivity contribution in [2.24, 2.45) is 0 Å². The van der Waals surface area contributed by atoms with Gasteiger partial charge in [0.05, 0.1) is 41.5 Å². The third kappa shape index (κ3) is 4.32. The van der Waals surface area contributed by atoms with Crippen molar-refractivity contribution in [3.63, 3.8) is 0 Å². The van der Waals surface area contributed by atoms with Gasteiger partial charge in [-0.05, 0) is 36.8 Å². The number of aryl methyl sites for hydroxylation is 1. The topological polar surface area (TPSA) is 79.7 Å². The number of halogens is 2. The summed E-state index contributed by atoms with van der Waals surface area (Å²) in [5.74, 6) is -1.81. The van der Waals surface area contributed by atoms with Crippen LogP contribution in [0.2, 0.25) is 10.0 Å². The number of likely N-dealkylation sites (tertiary alicyclic amines) is 1. The number of hydrogen-bond acceptors (Lipinski definition) is 5. The fourth-order valence-electron chi connectivity index (χ4n) is 3.98. The summed E-state index contributed by atoms with van der Waals surface area (Å²) in [7, 11) is 1.39. The van der Waals surface area contributed by atoms with Crippen LogP contribution in [0.4, 0.5) is 0 Å². The Morgan fingerprint density at radius 3 is 2.58 bits per heavy atom. The molecule has 4 rings (SSSR count). The number of carbonyl (C=O) groups is 2. The molecule has 168 valence electrons. The van der Waals surface area contributed by atoms with E-state index >= 15 is 0 Å². The van der Waals surface area contributed by atoms with Crippen LogP contribution >= 0.6 is 23.2 Å². The van der Waals surface area contributed by atoms with Gasteiger partial charge in [0.1, 0.15) is 11.5 Å². The smallest absolute Gasteiger partial charge is 0.296 e. The molecule has 0 spiro atoms. The number of carbonyl (C=O) groups excluding carboxylic acids is 2. The third-order valence-corrected chi connectivity index (χ3v) is 5.92. The minimum Gasteiger partial charge on any atom is -0.507 e. The molecule has 0 bridgehead atoms. The van der Waals surface area contributed by atoms with E-state index in [-0.39, 0.29) is 33.5 Å². The van der Waals surface area contributed by atoms with E-state index in [1.807, 2.05) is 31.2 Å². The summed E-state index contributed by atoms with van der Waals surface area (Å²) in [5.41, 5.74) is 2.29. The number of Topliss-reactive ketones (excluding diaryl/α,β-unsaturated/α-hetero) is 1. The zero-order chi connectivity index (χ0) is 23.7. The lowest BCUT2D eigenvalue weighted by molar-refractivity contribution is -0.140. The summed E-state index contributed by atoms with van der Waals surface area (Å²) in [6.07, 6.45) is 1.62. The minimum atomic E-state index is -0.839. The lowest BCUT2D eigenvalue weighted by atomic mass is 9.94. The number of amides is 1. The maximum Gasteiger partial charge on any atom is 0.296 e. The lowest BCUT2D eigenvalue weighted by Gasteiger charge is -2.25. The molecule has 3 aromatic rings. The van der Waals surface area contributed by atoms with Crippen LogP contribution in [0.5, 0.6) is 5.75 Å². The average molecular weight is 483 g/mol. The number of ketones is 1. The second-order valence-corrected chi connectivity index (χ2v) is 8.47. The Bertz CT molecular complexity index is 1270. The van der Waals surface area contributed by atoms with Crippen LogP contribution in [-0.4, -0.2) is 33.8 Å². The molecule has 1 fully saturated rings. The Kier molecular flexibility index (Phi) is 6.40. The van der Waals surface area contributed by atoms with Crippen molar-refractivity contribution in [1.29, 1.82) is 0 Å². The van der Waals surface area contributed by atoms with Crippen molar-refractivity contribution in [2.45, 2.75) is 19.5 Å². The van der Waals surface area contributed by atoms with Crippen molar-refractivity contribution in [1.82, 2.24) is 9.88 Å². The fourth-order valence-corrected chi connectivity index (χ4v) is 4.56. The van der Waals surface area contributed by atoms with Crippen LogP contribution in [0.25, 0.3) is 5.76 Å². The van der Waals surface area contributed by atoms with E-state index in [4.69, 9.17) is 27.9 Å². The van der Waals surface area contributed by atoms with E-state index in [1.165, 1.54) is 24.1 Å². The number of hydrogen-bond donors (Lipinski definition) is 1. The molecular weight excluding hydrogens is 463 g/mol. The zero-order valence-corrected chi connectivity index (χ0v) is 19.4. The van der Waals surface area contributed by atoms with Crippen molar-refractivity contribution < 1.29 is 19.4 Å². The number of nitrogens with zero attached hydrogens (tertiary/aromatic N) is 2. The molecule has 2 aromatic carbocycles. The summed E-state index contributed by atoms with van der Waals surface area (Å²) in [6, 6.07) is 14.8. The predicted octanol–water partition coefficient (Wildman–Crippen LogP) is 5.33. The predicted molar refractivity (Wildman–Crippen MR) is 126 cm³/mol.